The summed E-state index contributed by atoms with van der Waals surface area (Å²) in [4.78, 5) is 2.70. The molecule has 0 spiro atoms. The smallest absolute Gasteiger partial charge is 0.0847 e. The molecule has 0 amide bonds. The van der Waals surface area contributed by atoms with Crippen molar-refractivity contribution in [3.8, 4) is 0 Å². The molecular formula is C25H41NO2. The third-order valence-corrected chi connectivity index (χ3v) is 11.0. The lowest BCUT2D eigenvalue weighted by Gasteiger charge is -2.59. The monoisotopic (exact) mass is 387 g/mol. The van der Waals surface area contributed by atoms with E-state index in [2.05, 4.69) is 18.7 Å². The minimum Gasteiger partial charge on any atom is -0.391 e. The fraction of sp³-hybridized carbons (Fsp3) is 1.00. The first kappa shape index (κ1) is 18.6. The first-order valence-electron chi connectivity index (χ1n) is 12.6. The molecule has 10 atom stereocenters. The Bertz CT molecular complexity index is 616. The largest absolute Gasteiger partial charge is 0.391 e. The average Bonchev–Trinajstić information content (AvgIpc) is 3.42. The van der Waals surface area contributed by atoms with Crippen molar-refractivity contribution in [2.45, 2.75) is 109 Å². The van der Waals surface area contributed by atoms with Crippen LogP contribution in [0.15, 0.2) is 0 Å². The van der Waals surface area contributed by atoms with E-state index in [0.29, 0.717) is 23.7 Å². The molecule has 1 N–H and O–H groups in total. The second-order valence-corrected chi connectivity index (χ2v) is 12.1. The molecule has 2 heterocycles. The van der Waals surface area contributed by atoms with E-state index in [1.54, 1.807) is 0 Å². The summed E-state index contributed by atoms with van der Waals surface area (Å²) in [6.45, 7) is 7.54. The molecule has 4 aliphatic carbocycles. The van der Waals surface area contributed by atoms with Crippen LogP contribution in [-0.2, 0) is 4.74 Å². The number of hydrogen-bond donors (Lipinski definition) is 1. The van der Waals surface area contributed by atoms with Crippen molar-refractivity contribution < 1.29 is 9.84 Å². The highest BCUT2D eigenvalue weighted by Gasteiger charge is 2.65. The van der Waals surface area contributed by atoms with Gasteiger partial charge in [-0.2, -0.15) is 0 Å². The van der Waals surface area contributed by atoms with E-state index in [4.69, 9.17) is 4.74 Å². The lowest BCUT2D eigenvalue weighted by atomic mass is 9.45. The molecule has 0 aromatic heterocycles. The van der Waals surface area contributed by atoms with Crippen LogP contribution in [0.5, 0.6) is 0 Å². The molecule has 0 unspecified atom stereocenters. The van der Waals surface area contributed by atoms with Crippen molar-refractivity contribution in [1.82, 2.24) is 4.90 Å². The van der Waals surface area contributed by atoms with Gasteiger partial charge in [0.25, 0.3) is 0 Å². The van der Waals surface area contributed by atoms with Gasteiger partial charge in [-0.25, -0.2) is 0 Å². The van der Waals surface area contributed by atoms with E-state index in [9.17, 15) is 5.11 Å². The van der Waals surface area contributed by atoms with E-state index in [0.717, 1.165) is 23.7 Å². The van der Waals surface area contributed by atoms with Crippen LogP contribution < -0.4 is 0 Å². The molecular weight excluding hydrogens is 346 g/mol. The van der Waals surface area contributed by atoms with Gasteiger partial charge in [0, 0.05) is 6.04 Å². The molecule has 4 saturated carbocycles. The van der Waals surface area contributed by atoms with Crippen molar-refractivity contribution in [2.24, 2.45) is 34.5 Å². The van der Waals surface area contributed by atoms with Crippen LogP contribution in [0.3, 0.4) is 0 Å². The van der Waals surface area contributed by atoms with Gasteiger partial charge < -0.3 is 9.84 Å². The minimum atomic E-state index is -0.107. The first-order chi connectivity index (χ1) is 13.5. The summed E-state index contributed by atoms with van der Waals surface area (Å²) in [7, 11) is 0. The standard InChI is InChI=1S/C25H41NO2/c1-24-10-9-18-17(8-7-16-13-21-22(28-21)15-25(16,18)2)19(24)14-20(23(24)27)26-11-5-3-4-6-12-26/h16-23,27H,3-15H2,1-2H3/t16-,17+,18-,19-,20-,21-,22+,23-,24-,25-/m0/s1. The molecule has 28 heavy (non-hydrogen) atoms. The van der Waals surface area contributed by atoms with Gasteiger partial charge in [-0.05, 0) is 105 Å². The Balaban J connectivity index is 1.26. The summed E-state index contributed by atoms with van der Waals surface area (Å²) in [5, 5.41) is 11.6. The van der Waals surface area contributed by atoms with Gasteiger partial charge in [0.2, 0.25) is 0 Å². The van der Waals surface area contributed by atoms with Crippen LogP contribution in [0.4, 0.5) is 0 Å². The Labute approximate surface area is 171 Å². The molecule has 2 saturated heterocycles. The summed E-state index contributed by atoms with van der Waals surface area (Å²) >= 11 is 0. The van der Waals surface area contributed by atoms with Crippen molar-refractivity contribution in [3.05, 3.63) is 0 Å². The van der Waals surface area contributed by atoms with Gasteiger partial charge in [-0.15, -0.1) is 0 Å². The average molecular weight is 388 g/mol. The van der Waals surface area contributed by atoms with Crippen LogP contribution in [0.2, 0.25) is 0 Å². The molecule has 3 heteroatoms. The summed E-state index contributed by atoms with van der Waals surface area (Å²) < 4.78 is 6.00. The molecule has 6 rings (SSSR count). The van der Waals surface area contributed by atoms with Crippen LogP contribution >= 0.6 is 0 Å². The third-order valence-electron chi connectivity index (χ3n) is 11.0. The Morgan fingerprint density at radius 2 is 1.64 bits per heavy atom. The van der Waals surface area contributed by atoms with Crippen molar-refractivity contribution in [1.29, 1.82) is 0 Å². The Kier molecular flexibility index (Phi) is 4.28. The second kappa shape index (κ2) is 6.44. The van der Waals surface area contributed by atoms with Gasteiger partial charge in [0.15, 0.2) is 0 Å². The SMILES string of the molecule is C[C@]12C[C@H]3O[C@H]3C[C@@H]1CC[C@@H]1[C@@H]2CC[C@]2(C)[C@@H](O)[C@@H](N3CCCCCC3)C[C@@H]12. The summed E-state index contributed by atoms with van der Waals surface area (Å²) in [5.74, 6) is 3.37. The molecule has 158 valence electrons. The van der Waals surface area contributed by atoms with Gasteiger partial charge in [0.1, 0.15) is 0 Å². The molecule has 6 fully saturated rings. The van der Waals surface area contributed by atoms with Crippen molar-refractivity contribution in [2.75, 3.05) is 13.1 Å². The lowest BCUT2D eigenvalue weighted by Crippen LogP contribution is -2.54. The van der Waals surface area contributed by atoms with Gasteiger partial charge in [-0.3, -0.25) is 4.90 Å². The maximum Gasteiger partial charge on any atom is 0.0847 e. The quantitative estimate of drug-likeness (QED) is 0.667. The number of nitrogens with zero attached hydrogens (tertiary/aromatic N) is 1. The van der Waals surface area contributed by atoms with Crippen molar-refractivity contribution in [3.63, 3.8) is 0 Å². The lowest BCUT2D eigenvalue weighted by molar-refractivity contribution is -0.119. The molecule has 0 radical (unpaired) electrons. The number of epoxide rings is 1. The molecule has 3 nitrogen and oxygen atoms in total. The second-order valence-electron chi connectivity index (χ2n) is 12.1. The number of fused-ring (bicyclic) bond motifs is 6. The maximum absolute atomic E-state index is 11.6. The third kappa shape index (κ3) is 2.57. The Morgan fingerprint density at radius 3 is 2.43 bits per heavy atom. The van der Waals surface area contributed by atoms with Gasteiger partial charge in [-0.1, -0.05) is 26.7 Å². The van der Waals surface area contributed by atoms with E-state index in [-0.39, 0.29) is 11.5 Å². The van der Waals surface area contributed by atoms with Crippen LogP contribution in [0, 0.1) is 34.5 Å². The van der Waals surface area contributed by atoms with E-state index in [1.165, 1.54) is 83.7 Å². The summed E-state index contributed by atoms with van der Waals surface area (Å²) in [6, 6.07) is 0.430. The number of rotatable bonds is 1. The van der Waals surface area contributed by atoms with E-state index < -0.39 is 0 Å². The zero-order valence-corrected chi connectivity index (χ0v) is 18.1. The predicted molar refractivity (Wildman–Crippen MR) is 111 cm³/mol. The summed E-state index contributed by atoms with van der Waals surface area (Å²) in [6.07, 6.45) is 15.9. The number of ether oxygens (including phenoxy) is 1. The minimum absolute atomic E-state index is 0.107. The zero-order valence-electron chi connectivity index (χ0n) is 18.1. The van der Waals surface area contributed by atoms with Gasteiger partial charge in [0.05, 0.1) is 18.3 Å². The first-order valence-corrected chi connectivity index (χ1v) is 12.6. The Morgan fingerprint density at radius 1 is 0.857 bits per heavy atom. The number of hydrogen-bond acceptors (Lipinski definition) is 3. The zero-order chi connectivity index (χ0) is 19.1. The summed E-state index contributed by atoms with van der Waals surface area (Å²) in [5.41, 5.74) is 0.669. The normalized spacial score (nSPS) is 58.8. The van der Waals surface area contributed by atoms with E-state index >= 15 is 0 Å². The van der Waals surface area contributed by atoms with Crippen LogP contribution in [0.25, 0.3) is 0 Å². The fourth-order valence-corrected chi connectivity index (χ4v) is 9.28. The van der Waals surface area contributed by atoms with E-state index in [1.807, 2.05) is 0 Å². The number of aliphatic hydroxyl groups excluding tert-OH is 1. The molecule has 0 aromatic carbocycles. The van der Waals surface area contributed by atoms with Gasteiger partial charge >= 0.3 is 0 Å². The maximum atomic E-state index is 11.6. The van der Waals surface area contributed by atoms with Crippen LogP contribution in [0.1, 0.15) is 84.5 Å². The van der Waals surface area contributed by atoms with Crippen LogP contribution in [-0.4, -0.2) is 47.4 Å². The number of likely N-dealkylation sites (tertiary alicyclic amines) is 1. The molecule has 0 bridgehead atoms. The highest BCUT2D eigenvalue weighted by Crippen LogP contribution is 2.68. The predicted octanol–water partition coefficient (Wildman–Crippen LogP) is 4.62. The number of aliphatic hydroxyl groups is 1. The molecule has 6 aliphatic rings. The Hall–Kier alpha value is -0.120. The highest BCUT2D eigenvalue weighted by atomic mass is 16.6. The highest BCUT2D eigenvalue weighted by molar-refractivity contribution is 5.14. The topological polar surface area (TPSA) is 36.0 Å². The molecule has 2 aliphatic heterocycles. The van der Waals surface area contributed by atoms with Crippen molar-refractivity contribution >= 4 is 0 Å². The fourth-order valence-electron chi connectivity index (χ4n) is 9.28. The molecule has 0 aromatic rings.